The van der Waals surface area contributed by atoms with Gasteiger partial charge in [-0.15, -0.1) is 0 Å². The standard InChI is InChI=1S/2C18H26N2O2S.C17H24N2O3S/c2*1-5-14-12(2)16(21-11-13-9-7-6-8-10-13)15-17(22-14)23-18(19-15)20(3)4;1-11-13(9-20)22-16-14(18-17(23-16)19(2)3)15(11)21-10-12-7-5-4-6-8-12/h2*6-10,12,14-17H,5,11H2,1-4H3;4-8,11,13-16,20H,9-10H2,1-3H3/t2*12-,14-,15-,16+,17-;11-,13-,14-,15+,16-/m111/s1. The molecular formula is C53H76N6O7S3. The van der Waals surface area contributed by atoms with Crippen LogP contribution in [0.15, 0.2) is 106 Å². The van der Waals surface area contributed by atoms with Gasteiger partial charge in [0.1, 0.15) is 34.4 Å². The molecule has 69 heavy (non-hydrogen) atoms. The van der Waals surface area contributed by atoms with Crippen LogP contribution in [0.5, 0.6) is 0 Å². The first-order valence-electron chi connectivity index (χ1n) is 24.6. The van der Waals surface area contributed by atoms with Gasteiger partial charge in [-0.25, -0.2) is 0 Å². The second-order valence-corrected chi connectivity index (χ2v) is 22.4. The van der Waals surface area contributed by atoms with E-state index >= 15 is 0 Å². The van der Waals surface area contributed by atoms with E-state index in [0.29, 0.717) is 31.7 Å². The summed E-state index contributed by atoms with van der Waals surface area (Å²) >= 11 is 5.06. The number of nitrogens with zero attached hydrogens (tertiary/aromatic N) is 6. The Morgan fingerprint density at radius 2 is 0.739 bits per heavy atom. The number of thioether (sulfide) groups is 3. The van der Waals surface area contributed by atoms with E-state index in [9.17, 15) is 5.11 Å². The highest BCUT2D eigenvalue weighted by Crippen LogP contribution is 2.44. The summed E-state index contributed by atoms with van der Waals surface area (Å²) in [7, 11) is 12.1. The molecule has 3 aromatic carbocycles. The smallest absolute Gasteiger partial charge is 0.161 e. The fourth-order valence-corrected chi connectivity index (χ4v) is 13.0. The van der Waals surface area contributed by atoms with Gasteiger partial charge in [-0.3, -0.25) is 15.0 Å². The summed E-state index contributed by atoms with van der Waals surface area (Å²) in [5.41, 5.74) is 3.63. The molecule has 0 unspecified atom stereocenters. The fraction of sp³-hybridized carbons (Fsp3) is 0.604. The number of aliphatic hydroxyl groups excluding tert-OH is 1. The van der Waals surface area contributed by atoms with Gasteiger partial charge < -0.3 is 48.2 Å². The van der Waals surface area contributed by atoms with Gasteiger partial charge in [0, 0.05) is 60.0 Å². The third-order valence-corrected chi connectivity index (χ3v) is 17.4. The van der Waals surface area contributed by atoms with Crippen LogP contribution in [-0.2, 0) is 48.2 Å². The topological polar surface area (TPSA) is 122 Å². The van der Waals surface area contributed by atoms with Crippen molar-refractivity contribution in [1.82, 2.24) is 14.7 Å². The van der Waals surface area contributed by atoms with E-state index in [2.05, 4.69) is 105 Å². The number of hydrogen-bond donors (Lipinski definition) is 1. The number of ether oxygens (including phenoxy) is 6. The Bertz CT molecular complexity index is 1890. The van der Waals surface area contributed by atoms with Crippen molar-refractivity contribution < 1.29 is 33.5 Å². The summed E-state index contributed by atoms with van der Waals surface area (Å²) in [5.74, 6) is 0.780. The average Bonchev–Trinajstić information content (AvgIpc) is 4.12. The molecular weight excluding hydrogens is 929 g/mol. The Hall–Kier alpha value is -3.16. The second kappa shape index (κ2) is 25.5. The summed E-state index contributed by atoms with van der Waals surface area (Å²) < 4.78 is 37.5. The van der Waals surface area contributed by atoms with E-state index in [1.54, 1.807) is 35.3 Å². The molecule has 3 aromatic rings. The van der Waals surface area contributed by atoms with Crippen molar-refractivity contribution in [2.45, 2.75) is 138 Å². The lowest BCUT2D eigenvalue weighted by Crippen LogP contribution is -2.52. The van der Waals surface area contributed by atoms with Gasteiger partial charge >= 0.3 is 0 Å². The highest BCUT2D eigenvalue weighted by Gasteiger charge is 2.50. The molecule has 6 aliphatic rings. The SMILES string of the molecule is CC[C@H]1O[C@@H]2SC(N(C)C)=N[C@@H]2[C@@H](OCc2ccccc2)[C@@H]1C.CC[C@H]1O[C@@H]2SC(N(C)C)=N[C@@H]2[C@@H](OCc2ccccc2)[C@@H]1C.C[C@H]1[C@H](OCc2ccccc2)[C@H]2N=C(N(C)C)S[C@H]2O[C@@H]1CO. The molecule has 15 atom stereocenters. The molecule has 6 heterocycles. The maximum absolute atomic E-state index is 9.62. The fourth-order valence-electron chi connectivity index (χ4n) is 9.50. The van der Waals surface area contributed by atoms with Crippen LogP contribution in [0.3, 0.4) is 0 Å². The first-order valence-corrected chi connectivity index (χ1v) is 27.2. The lowest BCUT2D eigenvalue weighted by atomic mass is 9.88. The average molecular weight is 1010 g/mol. The molecule has 13 nitrogen and oxygen atoms in total. The maximum atomic E-state index is 9.62. The van der Waals surface area contributed by atoms with Gasteiger partial charge in [-0.1, -0.05) is 161 Å². The quantitative estimate of drug-likeness (QED) is 0.186. The third-order valence-electron chi connectivity index (χ3n) is 13.5. The molecule has 16 heteroatoms. The van der Waals surface area contributed by atoms with Gasteiger partial charge in [0.05, 0.1) is 63.1 Å². The Morgan fingerprint density at radius 1 is 0.464 bits per heavy atom. The Morgan fingerprint density at radius 3 is 1.00 bits per heavy atom. The summed E-state index contributed by atoms with van der Waals surface area (Å²) in [4.78, 5) is 20.7. The minimum atomic E-state index is -0.207. The molecule has 0 radical (unpaired) electrons. The molecule has 0 saturated carbocycles. The predicted molar refractivity (Wildman–Crippen MR) is 284 cm³/mol. The molecule has 0 bridgehead atoms. The molecule has 0 spiro atoms. The Balaban J connectivity index is 0.000000153. The van der Waals surface area contributed by atoms with Crippen molar-refractivity contribution in [2.75, 3.05) is 48.9 Å². The van der Waals surface area contributed by atoms with Crippen LogP contribution in [0.1, 0.15) is 64.2 Å². The summed E-state index contributed by atoms with van der Waals surface area (Å²) in [6, 6.07) is 31.0. The van der Waals surface area contributed by atoms with E-state index in [0.717, 1.165) is 33.9 Å². The predicted octanol–water partition coefficient (Wildman–Crippen LogP) is 8.71. The normalized spacial score (nSPS) is 33.2. The molecule has 3 saturated heterocycles. The molecule has 1 N–H and O–H groups in total. The number of amidine groups is 3. The van der Waals surface area contributed by atoms with Crippen LogP contribution >= 0.6 is 35.3 Å². The molecule has 0 aromatic heterocycles. The van der Waals surface area contributed by atoms with E-state index in [1.807, 2.05) is 77.5 Å². The zero-order valence-corrected chi connectivity index (χ0v) is 44.8. The van der Waals surface area contributed by atoms with E-state index in [4.69, 9.17) is 43.4 Å². The highest BCUT2D eigenvalue weighted by atomic mass is 32.2. The molecule has 9 rings (SSSR count). The molecule has 378 valence electrons. The number of fused-ring (bicyclic) bond motifs is 3. The lowest BCUT2D eigenvalue weighted by Gasteiger charge is -2.41. The minimum Gasteiger partial charge on any atom is -0.394 e. The summed E-state index contributed by atoms with van der Waals surface area (Å²) in [6.07, 6.45) is 2.42. The monoisotopic (exact) mass is 1000 g/mol. The highest BCUT2D eigenvalue weighted by molar-refractivity contribution is 8.15. The third kappa shape index (κ3) is 13.5. The number of benzene rings is 3. The molecule has 0 aliphatic carbocycles. The Labute approximate surface area is 424 Å². The van der Waals surface area contributed by atoms with Gasteiger partial charge in [-0.2, -0.15) is 0 Å². The number of rotatable bonds is 12. The van der Waals surface area contributed by atoms with Crippen LogP contribution in [0.25, 0.3) is 0 Å². The van der Waals surface area contributed by atoms with Crippen LogP contribution < -0.4 is 0 Å². The van der Waals surface area contributed by atoms with Crippen LogP contribution in [0.4, 0.5) is 0 Å². The maximum Gasteiger partial charge on any atom is 0.161 e. The summed E-state index contributed by atoms with van der Waals surface area (Å²) in [6.45, 7) is 12.7. The number of aliphatic imine (C=N–C) groups is 3. The van der Waals surface area contributed by atoms with E-state index in [1.165, 1.54) is 11.1 Å². The minimum absolute atomic E-state index is 0.00738. The van der Waals surface area contributed by atoms with Crippen molar-refractivity contribution in [3.8, 4) is 0 Å². The van der Waals surface area contributed by atoms with Crippen molar-refractivity contribution >= 4 is 50.8 Å². The lowest BCUT2D eigenvalue weighted by molar-refractivity contribution is -0.148. The van der Waals surface area contributed by atoms with E-state index < -0.39 is 0 Å². The van der Waals surface area contributed by atoms with Crippen molar-refractivity contribution in [3.63, 3.8) is 0 Å². The van der Waals surface area contributed by atoms with Gasteiger partial charge in [0.25, 0.3) is 0 Å². The van der Waals surface area contributed by atoms with Crippen LogP contribution in [0.2, 0.25) is 0 Å². The number of hydrogen-bond acceptors (Lipinski definition) is 16. The van der Waals surface area contributed by atoms with Crippen LogP contribution in [-0.4, -0.2) is 155 Å². The summed E-state index contributed by atoms with van der Waals surface area (Å²) in [5, 5.41) is 12.7. The van der Waals surface area contributed by atoms with Crippen molar-refractivity contribution in [2.24, 2.45) is 32.7 Å². The molecule has 0 amide bonds. The van der Waals surface area contributed by atoms with Crippen molar-refractivity contribution in [1.29, 1.82) is 0 Å². The Kier molecular flexibility index (Phi) is 19.8. The van der Waals surface area contributed by atoms with Gasteiger partial charge in [-0.05, 0) is 29.5 Å². The first-order chi connectivity index (χ1) is 33.3. The number of aliphatic hydroxyl groups is 1. The van der Waals surface area contributed by atoms with Crippen LogP contribution in [0, 0.1) is 17.8 Å². The molecule has 6 aliphatic heterocycles. The van der Waals surface area contributed by atoms with Gasteiger partial charge in [0.15, 0.2) is 15.5 Å². The van der Waals surface area contributed by atoms with Crippen molar-refractivity contribution in [3.05, 3.63) is 108 Å². The largest absolute Gasteiger partial charge is 0.394 e. The second-order valence-electron chi connectivity index (χ2n) is 19.2. The first kappa shape index (κ1) is 53.6. The van der Waals surface area contributed by atoms with E-state index in [-0.39, 0.29) is 83.6 Å². The van der Waals surface area contributed by atoms with Gasteiger partial charge in [0.2, 0.25) is 0 Å². The molecule has 3 fully saturated rings. The zero-order valence-electron chi connectivity index (χ0n) is 42.4. The zero-order chi connectivity index (χ0) is 49.2.